The summed E-state index contributed by atoms with van der Waals surface area (Å²) in [6.45, 7) is 0.598. The van der Waals surface area contributed by atoms with E-state index in [0.717, 1.165) is 12.1 Å². The summed E-state index contributed by atoms with van der Waals surface area (Å²) < 4.78 is 33.0. The van der Waals surface area contributed by atoms with E-state index in [0.29, 0.717) is 23.0 Å². The number of aromatic nitrogens is 3. The number of halogens is 2. The van der Waals surface area contributed by atoms with Crippen LogP contribution in [0.15, 0.2) is 35.1 Å². The topological polar surface area (TPSA) is 117 Å². The number of rotatable bonds is 5. The average molecular weight is 427 g/mol. The number of nitrogens with zero attached hydrogens (tertiary/aromatic N) is 2. The maximum absolute atomic E-state index is 14.7. The van der Waals surface area contributed by atoms with Crippen molar-refractivity contribution in [2.24, 2.45) is 0 Å². The lowest BCUT2D eigenvalue weighted by Crippen LogP contribution is -2.30. The number of hydrogen-bond acceptors (Lipinski definition) is 5. The van der Waals surface area contributed by atoms with E-state index in [9.17, 15) is 18.4 Å². The first-order valence-corrected chi connectivity index (χ1v) is 9.35. The molecule has 2 aromatic heterocycles. The molecule has 0 aliphatic carbocycles. The highest BCUT2D eigenvalue weighted by atomic mass is 19.1. The summed E-state index contributed by atoms with van der Waals surface area (Å²) in [5, 5.41) is 0.375. The lowest BCUT2D eigenvalue weighted by atomic mass is 10.1. The Balaban J connectivity index is 1.83. The third-order valence-electron chi connectivity index (χ3n) is 5.03. The van der Waals surface area contributed by atoms with Gasteiger partial charge in [-0.25, -0.2) is 13.8 Å². The predicted octanol–water partition coefficient (Wildman–Crippen LogP) is 2.65. The van der Waals surface area contributed by atoms with Crippen molar-refractivity contribution in [3.63, 3.8) is 0 Å². The number of amides is 1. The van der Waals surface area contributed by atoms with Crippen LogP contribution in [0.3, 0.4) is 0 Å². The minimum Gasteiger partial charge on any atom is -0.396 e. The molecular formula is C21H19F2N5O3. The third-order valence-corrected chi connectivity index (χ3v) is 5.03. The van der Waals surface area contributed by atoms with E-state index in [4.69, 9.17) is 10.5 Å². The molecule has 4 aromatic rings. The first-order chi connectivity index (χ1) is 14.8. The van der Waals surface area contributed by atoms with Crippen LogP contribution in [-0.4, -0.2) is 53.1 Å². The van der Waals surface area contributed by atoms with Crippen LogP contribution in [0.1, 0.15) is 10.4 Å². The number of fused-ring (bicyclic) bond motifs is 2. The summed E-state index contributed by atoms with van der Waals surface area (Å²) in [6, 6.07) is 6.30. The lowest BCUT2D eigenvalue weighted by molar-refractivity contribution is 0.0740. The molecule has 2 heterocycles. The predicted molar refractivity (Wildman–Crippen MR) is 113 cm³/mol. The number of anilines is 1. The van der Waals surface area contributed by atoms with Crippen LogP contribution < -0.4 is 11.3 Å². The number of carbonyl (C=O) groups is 1. The third kappa shape index (κ3) is 3.61. The number of H-pyrrole nitrogens is 2. The van der Waals surface area contributed by atoms with E-state index in [-0.39, 0.29) is 34.7 Å². The van der Waals surface area contributed by atoms with Crippen molar-refractivity contribution >= 4 is 33.5 Å². The Hall–Kier alpha value is -3.79. The summed E-state index contributed by atoms with van der Waals surface area (Å²) in [7, 11) is 3.05. The molecule has 0 saturated heterocycles. The van der Waals surface area contributed by atoms with E-state index in [2.05, 4.69) is 15.0 Å². The quantitative estimate of drug-likeness (QED) is 0.453. The van der Waals surface area contributed by atoms with Gasteiger partial charge in [-0.05, 0) is 30.3 Å². The maximum Gasteiger partial charge on any atom is 0.276 e. The van der Waals surface area contributed by atoms with Crippen LogP contribution in [0.25, 0.3) is 33.3 Å². The number of likely N-dealkylation sites (N-methyl/N-ethyl adjacent to an activating group) is 1. The molecule has 0 aliphatic rings. The zero-order valence-electron chi connectivity index (χ0n) is 16.8. The molecule has 0 atom stereocenters. The van der Waals surface area contributed by atoms with Gasteiger partial charge in [0, 0.05) is 26.1 Å². The summed E-state index contributed by atoms with van der Waals surface area (Å²) in [5.41, 5.74) is 6.68. The normalized spacial score (nSPS) is 11.4. The SMILES string of the molecule is COCCN(C)C(=O)c1cc2c(N)c(-c3nc4ccc(F)cc4[nH]c3=O)[nH]c2cc1F. The fourth-order valence-electron chi connectivity index (χ4n) is 3.35. The van der Waals surface area contributed by atoms with Gasteiger partial charge in [0.15, 0.2) is 5.69 Å². The number of carbonyl (C=O) groups excluding carboxylic acids is 1. The zero-order valence-corrected chi connectivity index (χ0v) is 16.8. The molecule has 0 radical (unpaired) electrons. The monoisotopic (exact) mass is 427 g/mol. The smallest absolute Gasteiger partial charge is 0.276 e. The molecule has 4 rings (SSSR count). The second-order valence-corrected chi connectivity index (χ2v) is 7.09. The minimum atomic E-state index is -0.731. The molecule has 0 saturated carbocycles. The Morgan fingerprint density at radius 1 is 1.19 bits per heavy atom. The lowest BCUT2D eigenvalue weighted by Gasteiger charge is -2.17. The Kier molecular flexibility index (Phi) is 5.15. The largest absolute Gasteiger partial charge is 0.396 e. The molecule has 1 amide bonds. The summed E-state index contributed by atoms with van der Waals surface area (Å²) >= 11 is 0. The molecule has 8 nitrogen and oxygen atoms in total. The second kappa shape index (κ2) is 7.80. The van der Waals surface area contributed by atoms with E-state index < -0.39 is 23.1 Å². The summed E-state index contributed by atoms with van der Waals surface area (Å²) in [6.07, 6.45) is 0. The van der Waals surface area contributed by atoms with Gasteiger partial charge in [-0.2, -0.15) is 0 Å². The number of benzene rings is 2. The second-order valence-electron chi connectivity index (χ2n) is 7.09. The molecule has 160 valence electrons. The molecule has 0 spiro atoms. The van der Waals surface area contributed by atoms with Crippen molar-refractivity contribution in [2.45, 2.75) is 0 Å². The van der Waals surface area contributed by atoms with E-state index in [1.54, 1.807) is 0 Å². The Labute approximate surface area is 174 Å². The van der Waals surface area contributed by atoms with Crippen LogP contribution in [0, 0.1) is 11.6 Å². The minimum absolute atomic E-state index is 0.0293. The Morgan fingerprint density at radius 3 is 2.71 bits per heavy atom. The van der Waals surface area contributed by atoms with Gasteiger partial charge in [-0.3, -0.25) is 9.59 Å². The van der Waals surface area contributed by atoms with Crippen molar-refractivity contribution in [2.75, 3.05) is 33.0 Å². The van der Waals surface area contributed by atoms with Crippen molar-refractivity contribution < 1.29 is 18.3 Å². The molecule has 0 fully saturated rings. The molecule has 0 unspecified atom stereocenters. The van der Waals surface area contributed by atoms with Gasteiger partial charge in [0.2, 0.25) is 0 Å². The molecular weight excluding hydrogens is 408 g/mol. The number of nitrogens with one attached hydrogen (secondary N) is 2. The number of ether oxygens (including phenoxy) is 1. The standard InChI is InChI=1S/C21H19F2N5O3/c1-28(5-6-31-2)21(30)11-8-12-15(9-13(11)23)26-18(17(12)24)19-20(29)27-16-7-10(22)3-4-14(16)25-19/h3-4,7-9,26H,5-6,24H2,1-2H3,(H,27,29). The zero-order chi connectivity index (χ0) is 22.3. The molecule has 4 N–H and O–H groups in total. The van der Waals surface area contributed by atoms with Crippen LogP contribution in [0.4, 0.5) is 14.5 Å². The molecule has 0 bridgehead atoms. The number of methoxy groups -OCH3 is 1. The molecule has 2 aromatic carbocycles. The van der Waals surface area contributed by atoms with E-state index in [1.165, 1.54) is 37.3 Å². The number of nitrogen functional groups attached to an aromatic ring is 1. The first-order valence-electron chi connectivity index (χ1n) is 9.35. The van der Waals surface area contributed by atoms with Crippen LogP contribution in [0.5, 0.6) is 0 Å². The van der Waals surface area contributed by atoms with Crippen LogP contribution in [0.2, 0.25) is 0 Å². The fraction of sp³-hybridized carbons (Fsp3) is 0.190. The Bertz CT molecular complexity index is 1380. The number of nitrogens with two attached hydrogens (primary N) is 1. The van der Waals surface area contributed by atoms with Gasteiger partial charge in [-0.1, -0.05) is 0 Å². The highest BCUT2D eigenvalue weighted by molar-refractivity contribution is 6.05. The average Bonchev–Trinajstić information content (AvgIpc) is 3.05. The highest BCUT2D eigenvalue weighted by Crippen LogP contribution is 2.32. The van der Waals surface area contributed by atoms with Gasteiger partial charge in [0.25, 0.3) is 11.5 Å². The van der Waals surface area contributed by atoms with Crippen molar-refractivity contribution in [3.8, 4) is 11.4 Å². The molecule has 31 heavy (non-hydrogen) atoms. The first kappa shape index (κ1) is 20.5. The van der Waals surface area contributed by atoms with Gasteiger partial charge >= 0.3 is 0 Å². The molecule has 10 heteroatoms. The number of aromatic amines is 2. The van der Waals surface area contributed by atoms with Crippen molar-refractivity contribution in [1.29, 1.82) is 0 Å². The Morgan fingerprint density at radius 2 is 1.97 bits per heavy atom. The van der Waals surface area contributed by atoms with Crippen LogP contribution >= 0.6 is 0 Å². The van der Waals surface area contributed by atoms with E-state index >= 15 is 0 Å². The summed E-state index contributed by atoms with van der Waals surface area (Å²) in [5.74, 6) is -1.77. The van der Waals surface area contributed by atoms with Gasteiger partial charge in [0.1, 0.15) is 11.6 Å². The van der Waals surface area contributed by atoms with Gasteiger partial charge in [-0.15, -0.1) is 0 Å². The summed E-state index contributed by atoms with van der Waals surface area (Å²) in [4.78, 5) is 36.2. The number of hydrogen-bond donors (Lipinski definition) is 3. The van der Waals surface area contributed by atoms with E-state index in [1.807, 2.05) is 0 Å². The van der Waals surface area contributed by atoms with Crippen LogP contribution in [-0.2, 0) is 4.74 Å². The fourth-order valence-corrected chi connectivity index (χ4v) is 3.35. The van der Waals surface area contributed by atoms with Gasteiger partial charge in [0.05, 0.1) is 40.1 Å². The maximum atomic E-state index is 14.7. The van der Waals surface area contributed by atoms with Crippen molar-refractivity contribution in [1.82, 2.24) is 19.9 Å². The highest BCUT2D eigenvalue weighted by Gasteiger charge is 2.21. The van der Waals surface area contributed by atoms with Crippen molar-refractivity contribution in [3.05, 3.63) is 57.9 Å². The molecule has 0 aliphatic heterocycles. The van der Waals surface area contributed by atoms with Gasteiger partial charge < -0.3 is 25.3 Å².